The van der Waals surface area contributed by atoms with E-state index in [1.807, 2.05) is 13.8 Å². The molecule has 0 bridgehead atoms. The fraction of sp³-hybridized carbons (Fsp3) is 0.750. The third kappa shape index (κ3) is 1.88. The Bertz CT molecular complexity index is 204. The van der Waals surface area contributed by atoms with Crippen LogP contribution in [0.2, 0.25) is 0 Å². The Balaban J connectivity index is 2.61. The number of nitrogens with zero attached hydrogens (tertiary/aromatic N) is 2. The molecule has 1 aliphatic rings. The van der Waals surface area contributed by atoms with Gasteiger partial charge in [-0.15, -0.1) is 4.40 Å². The summed E-state index contributed by atoms with van der Waals surface area (Å²) in [5.74, 6) is 5.80. The Kier molecular flexibility index (Phi) is 2.42. The van der Waals surface area contributed by atoms with Crippen LogP contribution in [0.25, 0.3) is 0 Å². The highest BCUT2D eigenvalue weighted by Gasteiger charge is 2.19. The number of hydrogen-bond acceptors (Lipinski definition) is 5. The molecule has 0 aliphatic carbocycles. The summed E-state index contributed by atoms with van der Waals surface area (Å²) in [5.41, 5.74) is 2.34. The number of nitrogens with one attached hydrogen (secondary N) is 1. The van der Waals surface area contributed by atoms with Gasteiger partial charge in [-0.3, -0.25) is 5.01 Å². The zero-order chi connectivity index (χ0) is 8.43. The highest BCUT2D eigenvalue weighted by Crippen LogP contribution is 1.99. The normalized spacial score (nSPS) is 23.3. The van der Waals surface area contributed by atoms with Gasteiger partial charge >= 0.3 is 11.3 Å². The summed E-state index contributed by atoms with van der Waals surface area (Å²) in [6.45, 7) is 3.76. The van der Waals surface area contributed by atoms with Crippen molar-refractivity contribution < 1.29 is 8.49 Å². The third-order valence-electron chi connectivity index (χ3n) is 1.17. The second-order valence-corrected chi connectivity index (χ2v) is 3.10. The topological polar surface area (TPSA) is 80.0 Å². The van der Waals surface area contributed by atoms with E-state index < -0.39 is 11.3 Å². The standard InChI is InChI=1S/C4H10N4O2S/c1-3(2)8(5)4-6-10-11(9)7-4/h3H,5H2,1-2H3,(H,6,7). The molecule has 0 spiro atoms. The summed E-state index contributed by atoms with van der Waals surface area (Å²) >= 11 is -1.63. The quantitative estimate of drug-likeness (QED) is 0.399. The van der Waals surface area contributed by atoms with Gasteiger partial charge in [0.25, 0.3) is 0 Å². The van der Waals surface area contributed by atoms with Gasteiger partial charge < -0.3 is 0 Å². The van der Waals surface area contributed by atoms with E-state index in [-0.39, 0.29) is 6.04 Å². The van der Waals surface area contributed by atoms with Crippen LogP contribution in [-0.2, 0) is 15.6 Å². The number of rotatable bonds is 1. The highest BCUT2D eigenvalue weighted by molar-refractivity contribution is 7.79. The Morgan fingerprint density at radius 1 is 1.82 bits per heavy atom. The molecule has 1 aliphatic heterocycles. The van der Waals surface area contributed by atoms with Crippen molar-refractivity contribution in [3.63, 3.8) is 0 Å². The van der Waals surface area contributed by atoms with Crippen molar-refractivity contribution in [2.24, 2.45) is 10.2 Å². The summed E-state index contributed by atoms with van der Waals surface area (Å²) < 4.78 is 18.5. The molecule has 7 heteroatoms. The molecule has 3 N–H and O–H groups in total. The minimum atomic E-state index is -1.63. The maximum atomic E-state index is 10.5. The number of nitrogens with two attached hydrogens (primary N) is 1. The van der Waals surface area contributed by atoms with Crippen LogP contribution in [-0.4, -0.2) is 21.2 Å². The number of hydroxylamine groups is 1. The molecule has 0 radical (unpaired) electrons. The van der Waals surface area contributed by atoms with Gasteiger partial charge in [0.15, 0.2) is 0 Å². The molecule has 1 unspecified atom stereocenters. The predicted octanol–water partition coefficient (Wildman–Crippen LogP) is -0.960. The molecule has 1 atom stereocenters. The lowest BCUT2D eigenvalue weighted by Crippen LogP contribution is -2.47. The molecular formula is C4H10N4O2S. The summed E-state index contributed by atoms with van der Waals surface area (Å²) in [6.07, 6.45) is 0. The summed E-state index contributed by atoms with van der Waals surface area (Å²) in [7, 11) is 0. The lowest BCUT2D eigenvalue weighted by atomic mass is 10.4. The molecule has 0 saturated heterocycles. The minimum Gasteiger partial charge on any atom is -0.276 e. The average Bonchev–Trinajstić information content (AvgIpc) is 2.34. The average molecular weight is 178 g/mol. The SMILES string of the molecule is CC(C)N(N)C1=NS(=O)ON1. The van der Waals surface area contributed by atoms with E-state index >= 15 is 0 Å². The van der Waals surface area contributed by atoms with E-state index in [0.29, 0.717) is 5.96 Å². The van der Waals surface area contributed by atoms with Gasteiger partial charge in [-0.25, -0.2) is 15.5 Å². The van der Waals surface area contributed by atoms with Crippen molar-refractivity contribution in [3.05, 3.63) is 0 Å². The van der Waals surface area contributed by atoms with Gasteiger partial charge in [0.05, 0.1) is 0 Å². The van der Waals surface area contributed by atoms with E-state index in [0.717, 1.165) is 0 Å². The minimum absolute atomic E-state index is 0.0833. The van der Waals surface area contributed by atoms with Crippen LogP contribution in [0, 0.1) is 0 Å². The molecule has 0 amide bonds. The zero-order valence-corrected chi connectivity index (χ0v) is 7.09. The Labute approximate surface area is 67.1 Å². The molecule has 0 aromatic carbocycles. The van der Waals surface area contributed by atoms with Crippen molar-refractivity contribution >= 4 is 17.2 Å². The van der Waals surface area contributed by atoms with Crippen molar-refractivity contribution in [2.45, 2.75) is 19.9 Å². The second kappa shape index (κ2) is 3.16. The van der Waals surface area contributed by atoms with Crippen molar-refractivity contribution in [1.82, 2.24) is 10.5 Å². The maximum absolute atomic E-state index is 10.5. The van der Waals surface area contributed by atoms with E-state index in [1.165, 1.54) is 5.01 Å². The smallest absolute Gasteiger partial charge is 0.276 e. The lowest BCUT2D eigenvalue weighted by molar-refractivity contribution is 0.261. The van der Waals surface area contributed by atoms with Gasteiger partial charge in [-0.1, -0.05) is 0 Å². The summed E-state index contributed by atoms with van der Waals surface area (Å²) in [5, 5.41) is 1.34. The molecule has 6 nitrogen and oxygen atoms in total. The molecule has 0 aromatic heterocycles. The van der Waals surface area contributed by atoms with E-state index in [2.05, 4.69) is 14.2 Å². The first-order valence-electron chi connectivity index (χ1n) is 3.09. The van der Waals surface area contributed by atoms with Gasteiger partial charge in [-0.2, -0.15) is 4.28 Å². The maximum Gasteiger partial charge on any atom is 0.310 e. The van der Waals surface area contributed by atoms with Crippen LogP contribution >= 0.6 is 0 Å². The molecular weight excluding hydrogens is 168 g/mol. The summed E-state index contributed by atoms with van der Waals surface area (Å²) in [4.78, 5) is 0. The van der Waals surface area contributed by atoms with E-state index in [1.54, 1.807) is 0 Å². The van der Waals surface area contributed by atoms with Crippen LogP contribution in [0.15, 0.2) is 4.40 Å². The lowest BCUT2D eigenvalue weighted by Gasteiger charge is -2.20. The molecule has 1 heterocycles. The number of guanidine groups is 1. The first-order chi connectivity index (χ1) is 5.11. The van der Waals surface area contributed by atoms with E-state index in [9.17, 15) is 4.21 Å². The van der Waals surface area contributed by atoms with E-state index in [4.69, 9.17) is 5.84 Å². The Hall–Kier alpha value is -0.660. The number of hydrogen-bond donors (Lipinski definition) is 2. The van der Waals surface area contributed by atoms with Gasteiger partial charge in [0, 0.05) is 6.04 Å². The number of hydrazine groups is 1. The van der Waals surface area contributed by atoms with Crippen molar-refractivity contribution in [3.8, 4) is 0 Å². The fourth-order valence-corrected chi connectivity index (χ4v) is 0.981. The van der Waals surface area contributed by atoms with Crippen LogP contribution in [0.3, 0.4) is 0 Å². The molecule has 1 rings (SSSR count). The predicted molar refractivity (Wildman–Crippen MR) is 41.0 cm³/mol. The van der Waals surface area contributed by atoms with Crippen LogP contribution in [0.1, 0.15) is 13.8 Å². The molecule has 0 fully saturated rings. The molecule has 0 aromatic rings. The second-order valence-electron chi connectivity index (χ2n) is 2.32. The molecule has 11 heavy (non-hydrogen) atoms. The van der Waals surface area contributed by atoms with Crippen LogP contribution < -0.4 is 11.3 Å². The molecule has 64 valence electrons. The van der Waals surface area contributed by atoms with Crippen LogP contribution in [0.4, 0.5) is 0 Å². The first kappa shape index (κ1) is 8.44. The van der Waals surface area contributed by atoms with Gasteiger partial charge in [0.1, 0.15) is 0 Å². The van der Waals surface area contributed by atoms with Gasteiger partial charge in [0.2, 0.25) is 5.96 Å². The van der Waals surface area contributed by atoms with Crippen molar-refractivity contribution in [2.75, 3.05) is 0 Å². The van der Waals surface area contributed by atoms with Crippen LogP contribution in [0.5, 0.6) is 0 Å². The zero-order valence-electron chi connectivity index (χ0n) is 6.27. The summed E-state index contributed by atoms with van der Waals surface area (Å²) in [6, 6.07) is 0.0833. The third-order valence-corrected chi connectivity index (χ3v) is 1.71. The monoisotopic (exact) mass is 178 g/mol. The highest BCUT2D eigenvalue weighted by atomic mass is 32.2. The molecule has 0 saturated carbocycles. The van der Waals surface area contributed by atoms with Gasteiger partial charge in [-0.05, 0) is 13.8 Å². The first-order valence-corrected chi connectivity index (χ1v) is 4.12. The largest absolute Gasteiger partial charge is 0.310 e. The Morgan fingerprint density at radius 2 is 2.45 bits per heavy atom. The van der Waals surface area contributed by atoms with Crippen molar-refractivity contribution in [1.29, 1.82) is 0 Å². The Morgan fingerprint density at radius 3 is 2.82 bits per heavy atom. The fourth-order valence-electron chi connectivity index (χ4n) is 0.525.